The Bertz CT molecular complexity index is 1670. The van der Waals surface area contributed by atoms with E-state index >= 15 is 8.78 Å². The zero-order valence-corrected chi connectivity index (χ0v) is 18.8. The fourth-order valence-electron chi connectivity index (χ4n) is 3.89. The first-order valence-electron chi connectivity index (χ1n) is 11.2. The number of rotatable bonds is 6. The maximum atomic E-state index is 15.6. The van der Waals surface area contributed by atoms with Crippen molar-refractivity contribution in [3.63, 3.8) is 0 Å². The molecule has 0 N–H and O–H groups in total. The quantitative estimate of drug-likeness (QED) is 0.315. The second kappa shape index (κ2) is 8.77. The molecule has 0 atom stereocenters. The Morgan fingerprint density at radius 2 is 1.67 bits per heavy atom. The van der Waals surface area contributed by atoms with Gasteiger partial charge in [-0.3, -0.25) is 4.98 Å². The molecular formula is C27H18F2N6O. The Labute approximate surface area is 204 Å². The molecule has 0 fully saturated rings. The van der Waals surface area contributed by atoms with Gasteiger partial charge in [0.05, 0.1) is 11.7 Å². The van der Waals surface area contributed by atoms with Crippen molar-refractivity contribution in [1.29, 1.82) is 0 Å². The van der Waals surface area contributed by atoms with Gasteiger partial charge in [0.15, 0.2) is 0 Å². The number of nitrogens with zero attached hydrogens (tertiary/aromatic N) is 6. The molecular weight excluding hydrogens is 462 g/mol. The Balaban J connectivity index is 1.30. The largest absolute Gasteiger partial charge is 0.489 e. The maximum Gasteiger partial charge on any atom is 0.333 e. The fraction of sp³-hybridized carbons (Fsp3) is 0.0741. The number of hydrogen-bond donors (Lipinski definition) is 0. The van der Waals surface area contributed by atoms with E-state index in [1.54, 1.807) is 48.7 Å². The van der Waals surface area contributed by atoms with Crippen LogP contribution in [-0.4, -0.2) is 29.8 Å². The first kappa shape index (κ1) is 21.7. The Morgan fingerprint density at radius 1 is 0.833 bits per heavy atom. The molecule has 9 heteroatoms. The van der Waals surface area contributed by atoms with Crippen molar-refractivity contribution in [2.75, 3.05) is 0 Å². The highest BCUT2D eigenvalue weighted by Gasteiger charge is 2.40. The third kappa shape index (κ3) is 4.00. The highest BCUT2D eigenvalue weighted by Crippen LogP contribution is 2.35. The average molecular weight is 480 g/mol. The first-order valence-corrected chi connectivity index (χ1v) is 11.2. The molecule has 36 heavy (non-hydrogen) atoms. The molecule has 7 nitrogen and oxygen atoms in total. The second-order valence-electron chi connectivity index (χ2n) is 8.16. The van der Waals surface area contributed by atoms with Crippen LogP contribution in [0.3, 0.4) is 0 Å². The van der Waals surface area contributed by atoms with E-state index in [2.05, 4.69) is 25.3 Å². The molecule has 0 amide bonds. The van der Waals surface area contributed by atoms with E-state index in [1.807, 2.05) is 30.3 Å². The topological polar surface area (TPSA) is 78.1 Å². The van der Waals surface area contributed by atoms with Gasteiger partial charge in [-0.05, 0) is 48.0 Å². The van der Waals surface area contributed by atoms with Crippen LogP contribution < -0.4 is 4.74 Å². The molecule has 0 spiro atoms. The summed E-state index contributed by atoms with van der Waals surface area (Å²) in [5.41, 5.74) is 2.54. The van der Waals surface area contributed by atoms with Gasteiger partial charge in [0.2, 0.25) is 5.82 Å². The molecule has 0 aliphatic rings. The number of pyridine rings is 1. The first-order chi connectivity index (χ1) is 17.6. The molecule has 0 bridgehead atoms. The van der Waals surface area contributed by atoms with Gasteiger partial charge in [-0.25, -0.2) is 4.98 Å². The zero-order valence-electron chi connectivity index (χ0n) is 18.8. The van der Waals surface area contributed by atoms with Gasteiger partial charge < -0.3 is 4.74 Å². The van der Waals surface area contributed by atoms with E-state index in [1.165, 1.54) is 18.3 Å². The number of alkyl halides is 2. The summed E-state index contributed by atoms with van der Waals surface area (Å²) in [6, 6.07) is 24.8. The van der Waals surface area contributed by atoms with E-state index in [0.717, 1.165) is 10.1 Å². The molecule has 3 aromatic heterocycles. The van der Waals surface area contributed by atoms with Crippen LogP contribution in [0.1, 0.15) is 17.0 Å². The summed E-state index contributed by atoms with van der Waals surface area (Å²) in [6.45, 7) is 0.440. The minimum absolute atomic E-state index is 0.0151. The minimum atomic E-state index is -3.45. The van der Waals surface area contributed by atoms with Crippen molar-refractivity contribution >= 4 is 16.7 Å². The van der Waals surface area contributed by atoms with Crippen molar-refractivity contribution in [3.05, 3.63) is 114 Å². The number of hydrogen-bond acceptors (Lipinski definition) is 6. The lowest BCUT2D eigenvalue weighted by atomic mass is 10.0. The SMILES string of the molecule is FC(F)(c1ccc2ncccc2c1)c1nnc2ncc(-c3ccc(OCc4ccccc4)cc3)nn12. The van der Waals surface area contributed by atoms with Crippen molar-refractivity contribution in [2.45, 2.75) is 12.5 Å². The average Bonchev–Trinajstić information content (AvgIpc) is 3.37. The predicted molar refractivity (Wildman–Crippen MR) is 130 cm³/mol. The molecule has 0 saturated carbocycles. The molecule has 0 radical (unpaired) electrons. The van der Waals surface area contributed by atoms with Crippen LogP contribution >= 0.6 is 0 Å². The van der Waals surface area contributed by atoms with Crippen molar-refractivity contribution in [1.82, 2.24) is 29.8 Å². The van der Waals surface area contributed by atoms with Gasteiger partial charge in [0.25, 0.3) is 5.78 Å². The summed E-state index contributed by atoms with van der Waals surface area (Å²) in [5, 5.41) is 12.5. The molecule has 3 heterocycles. The molecule has 6 rings (SSSR count). The van der Waals surface area contributed by atoms with Gasteiger partial charge in [-0.2, -0.15) is 18.4 Å². The van der Waals surface area contributed by atoms with Crippen LogP contribution in [0, 0.1) is 0 Å². The van der Waals surface area contributed by atoms with E-state index in [0.29, 0.717) is 34.5 Å². The smallest absolute Gasteiger partial charge is 0.333 e. The van der Waals surface area contributed by atoms with Gasteiger partial charge >= 0.3 is 5.92 Å². The lowest BCUT2D eigenvalue weighted by Crippen LogP contribution is -2.20. The lowest BCUT2D eigenvalue weighted by molar-refractivity contribution is 0.0307. The summed E-state index contributed by atoms with van der Waals surface area (Å²) in [6.07, 6.45) is 3.10. The normalized spacial score (nSPS) is 11.7. The Hall–Kier alpha value is -4.79. The van der Waals surface area contributed by atoms with E-state index < -0.39 is 11.7 Å². The van der Waals surface area contributed by atoms with E-state index in [-0.39, 0.29) is 11.3 Å². The standard InChI is InChI=1S/C27H18F2N6O/c28-27(29,21-10-13-23-20(15-21)7-4-14-30-23)25-32-33-26-31-16-24(34-35(25)26)19-8-11-22(12-9-19)36-17-18-5-2-1-3-6-18/h1-16H,17H2. The Kier molecular flexibility index (Phi) is 5.29. The number of fused-ring (bicyclic) bond motifs is 2. The van der Waals surface area contributed by atoms with Crippen molar-refractivity contribution < 1.29 is 13.5 Å². The number of halogens is 2. The summed E-state index contributed by atoms with van der Waals surface area (Å²) < 4.78 is 37.9. The van der Waals surface area contributed by atoms with Crippen LogP contribution in [0.4, 0.5) is 8.78 Å². The second-order valence-corrected chi connectivity index (χ2v) is 8.16. The number of ether oxygens (including phenoxy) is 1. The summed E-state index contributed by atoms with van der Waals surface area (Å²) >= 11 is 0. The molecule has 176 valence electrons. The van der Waals surface area contributed by atoms with Crippen LogP contribution in [0.15, 0.2) is 97.3 Å². The molecule has 3 aromatic carbocycles. The summed E-state index contributed by atoms with van der Waals surface area (Å²) in [7, 11) is 0. The highest BCUT2D eigenvalue weighted by molar-refractivity contribution is 5.79. The molecule has 0 saturated heterocycles. The van der Waals surface area contributed by atoms with Crippen LogP contribution in [0.5, 0.6) is 5.75 Å². The van der Waals surface area contributed by atoms with Gasteiger partial charge in [0, 0.05) is 22.7 Å². The zero-order chi connectivity index (χ0) is 24.5. The van der Waals surface area contributed by atoms with Crippen molar-refractivity contribution in [2.24, 2.45) is 0 Å². The minimum Gasteiger partial charge on any atom is -0.489 e. The van der Waals surface area contributed by atoms with Crippen LogP contribution in [-0.2, 0) is 12.5 Å². The number of aromatic nitrogens is 6. The van der Waals surface area contributed by atoms with Crippen LogP contribution in [0.25, 0.3) is 27.9 Å². The fourth-order valence-corrected chi connectivity index (χ4v) is 3.89. The third-order valence-corrected chi connectivity index (χ3v) is 5.78. The van der Waals surface area contributed by atoms with Gasteiger partial charge in [-0.15, -0.1) is 10.2 Å². The molecule has 0 aliphatic heterocycles. The molecule has 6 aromatic rings. The lowest BCUT2D eigenvalue weighted by Gasteiger charge is -2.15. The molecule has 0 unspecified atom stereocenters. The predicted octanol–water partition coefficient (Wildman–Crippen LogP) is 5.45. The summed E-state index contributed by atoms with van der Waals surface area (Å²) in [5.74, 6) is -3.40. The van der Waals surface area contributed by atoms with Crippen LogP contribution in [0.2, 0.25) is 0 Å². The molecule has 0 aliphatic carbocycles. The number of benzene rings is 3. The highest BCUT2D eigenvalue weighted by atomic mass is 19.3. The van der Waals surface area contributed by atoms with Crippen molar-refractivity contribution in [3.8, 4) is 17.0 Å². The van der Waals surface area contributed by atoms with E-state index in [9.17, 15) is 0 Å². The third-order valence-electron chi connectivity index (χ3n) is 5.78. The van der Waals surface area contributed by atoms with E-state index in [4.69, 9.17) is 4.74 Å². The Morgan fingerprint density at radius 3 is 2.50 bits per heavy atom. The summed E-state index contributed by atoms with van der Waals surface area (Å²) in [4.78, 5) is 8.37. The van der Waals surface area contributed by atoms with Gasteiger partial charge in [-0.1, -0.05) is 42.5 Å². The maximum absolute atomic E-state index is 15.6. The monoisotopic (exact) mass is 480 g/mol. The van der Waals surface area contributed by atoms with Gasteiger partial charge in [0.1, 0.15) is 18.1 Å².